The molecule has 0 spiro atoms. The Labute approximate surface area is 147 Å². The van der Waals surface area contributed by atoms with Crippen LogP contribution in [0.25, 0.3) is 0 Å². The number of carbonyl (C=O) groups is 2. The minimum Gasteiger partial charge on any atom is -0.353 e. The van der Waals surface area contributed by atoms with Gasteiger partial charge in [-0.05, 0) is 19.4 Å². The normalized spacial score (nSPS) is 21.3. The second-order valence-electron chi connectivity index (χ2n) is 6.67. The number of piperazine rings is 2. The number of nitrogens with one attached hydrogen (secondary N) is 1. The summed E-state index contributed by atoms with van der Waals surface area (Å²) in [6, 6.07) is 6.35. The van der Waals surface area contributed by atoms with Gasteiger partial charge in [-0.3, -0.25) is 14.5 Å². The van der Waals surface area contributed by atoms with Crippen LogP contribution < -0.4 is 5.32 Å². The van der Waals surface area contributed by atoms with Crippen LogP contribution in [0.15, 0.2) is 18.2 Å². The molecule has 2 amide bonds. The molecule has 0 aromatic heterocycles. The lowest BCUT2D eigenvalue weighted by atomic mass is 10.1. The van der Waals surface area contributed by atoms with Gasteiger partial charge in [-0.2, -0.15) is 0 Å². The van der Waals surface area contributed by atoms with Crippen molar-refractivity contribution in [3.8, 4) is 0 Å². The largest absolute Gasteiger partial charge is 0.353 e. The van der Waals surface area contributed by atoms with Crippen molar-refractivity contribution in [1.29, 1.82) is 0 Å². The van der Waals surface area contributed by atoms with Gasteiger partial charge in [-0.25, -0.2) is 0 Å². The topological polar surface area (TPSA) is 52.7 Å². The van der Waals surface area contributed by atoms with Crippen molar-refractivity contribution in [1.82, 2.24) is 15.1 Å². The van der Waals surface area contributed by atoms with Crippen LogP contribution in [0, 0.1) is 13.8 Å². The Morgan fingerprint density at radius 2 is 1.96 bits per heavy atom. The maximum absolute atomic E-state index is 12.5. The number of fused-ring (bicyclic) bond motifs is 1. The number of rotatable bonds is 4. The van der Waals surface area contributed by atoms with Gasteiger partial charge in [0.2, 0.25) is 11.8 Å². The molecule has 1 atom stereocenters. The SMILES string of the molecule is Cc1cc(C)cc(CSCC(=O)N2CCN3CCNC(=O)[C@@H]3C2)c1. The van der Waals surface area contributed by atoms with E-state index in [9.17, 15) is 9.59 Å². The standard InChI is InChI=1S/C18H25N3O2S/c1-13-7-14(2)9-15(8-13)11-24-12-17(22)21-6-5-20-4-3-19-18(23)16(20)10-21/h7-9,16H,3-6,10-12H2,1-2H3,(H,19,23)/t16-/m0/s1. The molecule has 3 rings (SSSR count). The summed E-state index contributed by atoms with van der Waals surface area (Å²) in [7, 11) is 0. The number of hydrogen-bond donors (Lipinski definition) is 1. The first-order valence-corrected chi connectivity index (χ1v) is 9.63. The molecule has 2 fully saturated rings. The van der Waals surface area contributed by atoms with Gasteiger partial charge >= 0.3 is 0 Å². The smallest absolute Gasteiger partial charge is 0.239 e. The van der Waals surface area contributed by atoms with E-state index in [1.54, 1.807) is 11.8 Å². The molecule has 0 bridgehead atoms. The van der Waals surface area contributed by atoms with Gasteiger partial charge in [-0.1, -0.05) is 29.3 Å². The molecule has 0 radical (unpaired) electrons. The van der Waals surface area contributed by atoms with Crippen LogP contribution in [0.1, 0.15) is 16.7 Å². The van der Waals surface area contributed by atoms with Crippen molar-refractivity contribution in [3.05, 3.63) is 34.9 Å². The summed E-state index contributed by atoms with van der Waals surface area (Å²) in [6.45, 7) is 7.85. The second-order valence-corrected chi connectivity index (χ2v) is 7.66. The lowest BCUT2D eigenvalue weighted by Crippen LogP contribution is -2.64. The first-order chi connectivity index (χ1) is 11.5. The highest BCUT2D eigenvalue weighted by atomic mass is 32.2. The first-order valence-electron chi connectivity index (χ1n) is 8.47. The predicted molar refractivity (Wildman–Crippen MR) is 97.0 cm³/mol. The van der Waals surface area contributed by atoms with Gasteiger partial charge in [0.15, 0.2) is 0 Å². The van der Waals surface area contributed by atoms with Gasteiger partial charge in [0.1, 0.15) is 6.04 Å². The molecular weight excluding hydrogens is 322 g/mol. The molecule has 1 N–H and O–H groups in total. The maximum atomic E-state index is 12.5. The third-order valence-corrected chi connectivity index (χ3v) is 5.61. The fourth-order valence-corrected chi connectivity index (χ4v) is 4.37. The van der Waals surface area contributed by atoms with Crippen LogP contribution in [0.5, 0.6) is 0 Å². The Hall–Kier alpha value is -1.53. The summed E-state index contributed by atoms with van der Waals surface area (Å²) in [4.78, 5) is 28.5. The van der Waals surface area contributed by atoms with E-state index in [2.05, 4.69) is 42.3 Å². The zero-order chi connectivity index (χ0) is 17.1. The molecule has 6 heteroatoms. The maximum Gasteiger partial charge on any atom is 0.239 e. The minimum absolute atomic E-state index is 0.0571. The molecule has 0 unspecified atom stereocenters. The number of carbonyl (C=O) groups excluding carboxylic acids is 2. The van der Waals surface area contributed by atoms with Crippen molar-refractivity contribution < 1.29 is 9.59 Å². The number of hydrogen-bond acceptors (Lipinski definition) is 4. The molecule has 5 nitrogen and oxygen atoms in total. The summed E-state index contributed by atoms with van der Waals surface area (Å²) in [5.41, 5.74) is 3.79. The molecule has 2 aliphatic rings. The van der Waals surface area contributed by atoms with Gasteiger partial charge in [-0.15, -0.1) is 11.8 Å². The van der Waals surface area contributed by atoms with E-state index < -0.39 is 0 Å². The lowest BCUT2D eigenvalue weighted by molar-refractivity contribution is -0.138. The van der Waals surface area contributed by atoms with Gasteiger partial charge in [0, 0.05) is 38.5 Å². The summed E-state index contributed by atoms with van der Waals surface area (Å²) < 4.78 is 0. The van der Waals surface area contributed by atoms with Crippen molar-refractivity contribution in [3.63, 3.8) is 0 Å². The summed E-state index contributed by atoms with van der Waals surface area (Å²) >= 11 is 1.65. The molecule has 1 aromatic carbocycles. The number of nitrogens with zero attached hydrogens (tertiary/aromatic N) is 2. The number of amides is 2. The zero-order valence-corrected chi connectivity index (χ0v) is 15.2. The average Bonchev–Trinajstić information content (AvgIpc) is 2.54. The fraction of sp³-hybridized carbons (Fsp3) is 0.556. The minimum atomic E-state index is -0.166. The second kappa shape index (κ2) is 7.57. The quantitative estimate of drug-likeness (QED) is 0.889. The van der Waals surface area contributed by atoms with E-state index in [0.29, 0.717) is 12.3 Å². The fourth-order valence-electron chi connectivity index (χ4n) is 3.50. The third-order valence-electron chi connectivity index (χ3n) is 4.62. The molecule has 24 heavy (non-hydrogen) atoms. The Morgan fingerprint density at radius 1 is 1.21 bits per heavy atom. The van der Waals surface area contributed by atoms with Crippen LogP contribution in [-0.4, -0.2) is 66.1 Å². The zero-order valence-electron chi connectivity index (χ0n) is 14.4. The Bertz CT molecular complexity index is 614. The summed E-state index contributed by atoms with van der Waals surface area (Å²) in [5.74, 6) is 1.52. The highest BCUT2D eigenvalue weighted by molar-refractivity contribution is 7.99. The highest BCUT2D eigenvalue weighted by Gasteiger charge is 2.36. The molecular formula is C18H25N3O2S. The summed E-state index contributed by atoms with van der Waals surface area (Å²) in [5, 5.41) is 2.89. The van der Waals surface area contributed by atoms with Crippen molar-refractivity contribution in [2.75, 3.05) is 38.5 Å². The van der Waals surface area contributed by atoms with Crippen molar-refractivity contribution >= 4 is 23.6 Å². The van der Waals surface area contributed by atoms with E-state index in [-0.39, 0.29) is 17.9 Å². The number of aryl methyl sites for hydroxylation is 2. The Morgan fingerprint density at radius 3 is 2.71 bits per heavy atom. The summed E-state index contributed by atoms with van der Waals surface area (Å²) in [6.07, 6.45) is 0. The first kappa shape index (κ1) is 17.3. The van der Waals surface area contributed by atoms with Crippen molar-refractivity contribution in [2.45, 2.75) is 25.6 Å². The predicted octanol–water partition coefficient (Wildman–Crippen LogP) is 1.18. The van der Waals surface area contributed by atoms with Crippen molar-refractivity contribution in [2.24, 2.45) is 0 Å². The van der Waals surface area contributed by atoms with Crippen LogP contribution in [-0.2, 0) is 15.3 Å². The highest BCUT2D eigenvalue weighted by Crippen LogP contribution is 2.18. The Balaban J connectivity index is 1.49. The molecule has 130 valence electrons. The third kappa shape index (κ3) is 4.11. The van der Waals surface area contributed by atoms with E-state index in [0.717, 1.165) is 31.9 Å². The monoisotopic (exact) mass is 347 g/mol. The van der Waals surface area contributed by atoms with Crippen LogP contribution in [0.2, 0.25) is 0 Å². The molecule has 2 aliphatic heterocycles. The molecule has 0 aliphatic carbocycles. The van der Waals surface area contributed by atoms with Gasteiger partial charge < -0.3 is 10.2 Å². The lowest BCUT2D eigenvalue weighted by Gasteiger charge is -2.43. The molecule has 2 heterocycles. The van der Waals surface area contributed by atoms with Gasteiger partial charge in [0.05, 0.1) is 5.75 Å². The molecule has 1 aromatic rings. The van der Waals surface area contributed by atoms with Gasteiger partial charge in [0.25, 0.3) is 0 Å². The molecule has 2 saturated heterocycles. The van der Waals surface area contributed by atoms with E-state index in [1.165, 1.54) is 16.7 Å². The Kier molecular flexibility index (Phi) is 5.46. The van der Waals surface area contributed by atoms with Crippen LogP contribution in [0.3, 0.4) is 0 Å². The van der Waals surface area contributed by atoms with E-state index >= 15 is 0 Å². The molecule has 0 saturated carbocycles. The average molecular weight is 347 g/mol. The van der Waals surface area contributed by atoms with Crippen LogP contribution >= 0.6 is 11.8 Å². The number of benzene rings is 1. The van der Waals surface area contributed by atoms with E-state index in [4.69, 9.17) is 0 Å². The van der Waals surface area contributed by atoms with Crippen LogP contribution in [0.4, 0.5) is 0 Å². The number of thioether (sulfide) groups is 1. The van der Waals surface area contributed by atoms with E-state index in [1.807, 2.05) is 4.90 Å².